The maximum atomic E-state index is 11.3. The summed E-state index contributed by atoms with van der Waals surface area (Å²) in [6, 6.07) is 5.43. The topological polar surface area (TPSA) is 38.3 Å². The first-order chi connectivity index (χ1) is 7.70. The molecule has 1 aromatic carbocycles. The second-order valence-electron chi connectivity index (χ2n) is 3.52. The number of halogens is 1. The quantitative estimate of drug-likeness (QED) is 0.761. The lowest BCUT2D eigenvalue weighted by atomic mass is 9.99. The zero-order valence-electron chi connectivity index (χ0n) is 8.92. The average Bonchev–Trinajstić information content (AvgIpc) is 2.29. The monoisotopic (exact) mass is 237 g/mol. The number of likely N-dealkylation sites (N-methyl/N-ethyl adjacent to an activating group) is 1. The van der Waals surface area contributed by atoms with Gasteiger partial charge in [0.25, 0.3) is 0 Å². The Morgan fingerprint density at radius 1 is 1.56 bits per heavy atom. The fourth-order valence-corrected chi connectivity index (χ4v) is 1.84. The van der Waals surface area contributed by atoms with Crippen LogP contribution in [0.5, 0.6) is 5.75 Å². The van der Waals surface area contributed by atoms with Crippen molar-refractivity contribution in [3.05, 3.63) is 34.9 Å². The number of hydrogen-bond donors (Lipinski definition) is 1. The number of carbonyl (C=O) groups excluding carboxylic acids is 1. The molecule has 1 aromatic rings. The third kappa shape index (κ3) is 2.19. The van der Waals surface area contributed by atoms with Crippen LogP contribution in [0.3, 0.4) is 0 Å². The fourth-order valence-electron chi connectivity index (χ4n) is 1.66. The first-order valence-electron chi connectivity index (χ1n) is 5.05. The number of nitrogens with one attached hydrogen (secondary N) is 1. The summed E-state index contributed by atoms with van der Waals surface area (Å²) in [5, 5.41) is 3.21. The summed E-state index contributed by atoms with van der Waals surface area (Å²) >= 11 is 5.93. The van der Waals surface area contributed by atoms with Gasteiger partial charge in [-0.1, -0.05) is 11.6 Å². The van der Waals surface area contributed by atoms with Gasteiger partial charge >= 0.3 is 0 Å². The van der Waals surface area contributed by atoms with Gasteiger partial charge in [-0.3, -0.25) is 4.79 Å². The molecule has 1 heterocycles. The number of fused-ring (bicyclic) bond motifs is 1. The Bertz CT molecular complexity index is 454. The average molecular weight is 238 g/mol. The van der Waals surface area contributed by atoms with Gasteiger partial charge in [-0.05, 0) is 23.8 Å². The molecule has 0 bridgehead atoms. The molecule has 0 unspecified atom stereocenters. The highest BCUT2D eigenvalue weighted by Gasteiger charge is 2.16. The summed E-state index contributed by atoms with van der Waals surface area (Å²) in [5.41, 5.74) is 1.87. The molecular formula is C12H12ClNO2. The zero-order chi connectivity index (χ0) is 11.5. The predicted octanol–water partition coefficient (Wildman–Crippen LogP) is 2.25. The van der Waals surface area contributed by atoms with Crippen LogP contribution in [0, 0.1) is 0 Å². The Labute approximate surface area is 99.1 Å². The van der Waals surface area contributed by atoms with Gasteiger partial charge in [0, 0.05) is 30.1 Å². The molecule has 0 saturated heterocycles. The summed E-state index contributed by atoms with van der Waals surface area (Å²) in [6.45, 7) is 0.595. The molecule has 0 spiro atoms. The predicted molar refractivity (Wildman–Crippen MR) is 63.6 cm³/mol. The van der Waals surface area contributed by atoms with Gasteiger partial charge in [0.1, 0.15) is 5.75 Å². The number of benzene rings is 1. The van der Waals surface area contributed by atoms with Gasteiger partial charge < -0.3 is 10.1 Å². The van der Waals surface area contributed by atoms with Gasteiger partial charge in [0.2, 0.25) is 5.91 Å². The van der Waals surface area contributed by atoms with E-state index in [1.165, 1.54) is 0 Å². The van der Waals surface area contributed by atoms with Crippen LogP contribution < -0.4 is 10.1 Å². The summed E-state index contributed by atoms with van der Waals surface area (Å²) < 4.78 is 5.49. The normalized spacial score (nSPS) is 16.5. The van der Waals surface area contributed by atoms with E-state index in [0.29, 0.717) is 11.6 Å². The van der Waals surface area contributed by atoms with Crippen LogP contribution in [-0.2, 0) is 4.79 Å². The summed E-state index contributed by atoms with van der Waals surface area (Å²) in [5.74, 6) is 0.675. The second-order valence-corrected chi connectivity index (χ2v) is 3.96. The lowest BCUT2D eigenvalue weighted by Gasteiger charge is -2.20. The number of amides is 1. The number of ether oxygens (including phenoxy) is 1. The minimum atomic E-state index is -0.108. The first kappa shape index (κ1) is 11.0. The Hall–Kier alpha value is -1.48. The standard InChI is InChI=1S/C12H12ClNO2/c1-14-12(15)6-8-4-5-16-11-3-2-9(13)7-10(8)11/h2-3,6-7H,4-5H2,1H3,(H,14,15)/b8-6+. The smallest absolute Gasteiger partial charge is 0.244 e. The highest BCUT2D eigenvalue weighted by molar-refractivity contribution is 6.30. The Morgan fingerprint density at radius 3 is 3.12 bits per heavy atom. The van der Waals surface area contributed by atoms with Crippen LogP contribution in [0.15, 0.2) is 24.3 Å². The van der Waals surface area contributed by atoms with Gasteiger partial charge in [0.05, 0.1) is 6.61 Å². The van der Waals surface area contributed by atoms with E-state index in [1.54, 1.807) is 19.2 Å². The van der Waals surface area contributed by atoms with E-state index in [-0.39, 0.29) is 5.91 Å². The van der Waals surface area contributed by atoms with E-state index in [4.69, 9.17) is 16.3 Å². The SMILES string of the molecule is CNC(=O)/C=C1\CCOc2ccc(Cl)cc21. The van der Waals surface area contributed by atoms with Crippen molar-refractivity contribution in [2.75, 3.05) is 13.7 Å². The van der Waals surface area contributed by atoms with Gasteiger partial charge in [-0.15, -0.1) is 0 Å². The van der Waals surface area contributed by atoms with Crippen molar-refractivity contribution >= 4 is 23.1 Å². The van der Waals surface area contributed by atoms with E-state index < -0.39 is 0 Å². The number of carbonyl (C=O) groups is 1. The third-order valence-electron chi connectivity index (χ3n) is 2.47. The molecule has 84 valence electrons. The Kier molecular flexibility index (Phi) is 3.15. The van der Waals surface area contributed by atoms with Gasteiger partial charge in [-0.25, -0.2) is 0 Å². The van der Waals surface area contributed by atoms with Crippen LogP contribution in [0.4, 0.5) is 0 Å². The molecule has 2 rings (SSSR count). The van der Waals surface area contributed by atoms with Crippen molar-refractivity contribution in [1.29, 1.82) is 0 Å². The van der Waals surface area contributed by atoms with Crippen molar-refractivity contribution in [3.8, 4) is 5.75 Å². The first-order valence-corrected chi connectivity index (χ1v) is 5.43. The molecule has 4 heteroatoms. The molecule has 0 saturated carbocycles. The van der Waals surface area contributed by atoms with Crippen molar-refractivity contribution in [1.82, 2.24) is 5.32 Å². The van der Waals surface area contributed by atoms with Gasteiger partial charge in [-0.2, -0.15) is 0 Å². The minimum Gasteiger partial charge on any atom is -0.493 e. The highest BCUT2D eigenvalue weighted by atomic mass is 35.5. The van der Waals surface area contributed by atoms with Crippen LogP contribution in [0.25, 0.3) is 5.57 Å². The molecule has 3 nitrogen and oxygen atoms in total. The lowest BCUT2D eigenvalue weighted by Crippen LogP contribution is -2.16. The Balaban J connectivity index is 2.43. The largest absolute Gasteiger partial charge is 0.493 e. The molecule has 1 aliphatic heterocycles. The molecule has 0 aliphatic carbocycles. The third-order valence-corrected chi connectivity index (χ3v) is 2.70. The van der Waals surface area contributed by atoms with Crippen LogP contribution >= 0.6 is 11.6 Å². The van der Waals surface area contributed by atoms with Crippen molar-refractivity contribution in [3.63, 3.8) is 0 Å². The highest BCUT2D eigenvalue weighted by Crippen LogP contribution is 2.34. The molecule has 1 amide bonds. The second kappa shape index (κ2) is 4.58. The van der Waals surface area contributed by atoms with Crippen LogP contribution in [-0.4, -0.2) is 19.6 Å². The minimum absolute atomic E-state index is 0.108. The van der Waals surface area contributed by atoms with E-state index in [1.807, 2.05) is 12.1 Å². The van der Waals surface area contributed by atoms with Crippen molar-refractivity contribution in [2.45, 2.75) is 6.42 Å². The molecule has 0 radical (unpaired) electrons. The van der Waals surface area contributed by atoms with Crippen molar-refractivity contribution in [2.24, 2.45) is 0 Å². The van der Waals surface area contributed by atoms with Crippen LogP contribution in [0.2, 0.25) is 5.02 Å². The zero-order valence-corrected chi connectivity index (χ0v) is 9.67. The Morgan fingerprint density at radius 2 is 2.38 bits per heavy atom. The van der Waals surface area contributed by atoms with Crippen LogP contribution in [0.1, 0.15) is 12.0 Å². The summed E-state index contributed by atoms with van der Waals surface area (Å²) in [4.78, 5) is 11.3. The molecule has 0 fully saturated rings. The maximum absolute atomic E-state index is 11.3. The molecule has 1 N–H and O–H groups in total. The number of rotatable bonds is 1. The molecule has 1 aliphatic rings. The number of hydrogen-bond acceptors (Lipinski definition) is 2. The van der Waals surface area contributed by atoms with Crippen molar-refractivity contribution < 1.29 is 9.53 Å². The van der Waals surface area contributed by atoms with E-state index in [0.717, 1.165) is 23.3 Å². The van der Waals surface area contributed by atoms with E-state index in [9.17, 15) is 4.79 Å². The van der Waals surface area contributed by atoms with E-state index >= 15 is 0 Å². The molecule has 16 heavy (non-hydrogen) atoms. The molecule has 0 aromatic heterocycles. The van der Waals surface area contributed by atoms with Gasteiger partial charge in [0.15, 0.2) is 0 Å². The van der Waals surface area contributed by atoms with E-state index in [2.05, 4.69) is 5.32 Å². The molecular weight excluding hydrogens is 226 g/mol. The summed E-state index contributed by atoms with van der Waals surface area (Å²) in [7, 11) is 1.61. The fraction of sp³-hybridized carbons (Fsp3) is 0.250. The maximum Gasteiger partial charge on any atom is 0.244 e. The molecule has 0 atom stereocenters. The summed E-state index contributed by atoms with van der Waals surface area (Å²) in [6.07, 6.45) is 2.32. The lowest BCUT2D eigenvalue weighted by molar-refractivity contribution is -0.116.